The van der Waals surface area contributed by atoms with Crippen LogP contribution in [0.3, 0.4) is 0 Å². The maximum Gasteiger partial charge on any atom is 0.332 e. The molecule has 0 aromatic heterocycles. The molecule has 1 N–H and O–H groups in total. The van der Waals surface area contributed by atoms with Crippen LogP contribution in [0.4, 0.5) is 9.57 Å². The molecule has 0 unspecified atom stereocenters. The normalized spacial score (nSPS) is 20.8. The summed E-state index contributed by atoms with van der Waals surface area (Å²) in [6, 6.07) is 4.98. The van der Waals surface area contributed by atoms with Crippen molar-refractivity contribution in [3.8, 4) is 0 Å². The van der Waals surface area contributed by atoms with Crippen LogP contribution >= 0.6 is 0 Å². The molecule has 1 aromatic carbocycles. The fourth-order valence-corrected chi connectivity index (χ4v) is 5.80. The van der Waals surface area contributed by atoms with Crippen LogP contribution in [-0.4, -0.2) is 57.5 Å². The van der Waals surface area contributed by atoms with Crippen LogP contribution in [0.2, 0.25) is 0 Å². The Morgan fingerprint density at radius 2 is 1.57 bits per heavy atom. The number of piperidine rings is 2. The Morgan fingerprint density at radius 1 is 0.964 bits per heavy atom. The minimum atomic E-state index is -4.85. The van der Waals surface area contributed by atoms with Gasteiger partial charge in [0.15, 0.2) is 0 Å². The maximum atomic E-state index is 13.1. The second-order valence-electron chi connectivity index (χ2n) is 7.10. The zero-order chi connectivity index (χ0) is 20.4. The maximum absolute atomic E-state index is 13.1. The smallest absolute Gasteiger partial charge is 0.326 e. The third-order valence-electron chi connectivity index (χ3n) is 5.18. The van der Waals surface area contributed by atoms with Crippen LogP contribution < -0.4 is 5.32 Å². The molecule has 2 saturated heterocycles. The quantitative estimate of drug-likeness (QED) is 0.712. The van der Waals surface area contributed by atoms with E-state index in [9.17, 15) is 25.5 Å². The molecule has 0 aliphatic carbocycles. The first-order chi connectivity index (χ1) is 13.2. The highest BCUT2D eigenvalue weighted by Crippen LogP contribution is 2.25. The lowest BCUT2D eigenvalue weighted by Crippen LogP contribution is -2.49. The minimum absolute atomic E-state index is 0.187. The molecule has 0 atom stereocenters. The molecule has 2 aliphatic heterocycles. The van der Waals surface area contributed by atoms with E-state index >= 15 is 0 Å². The van der Waals surface area contributed by atoms with Crippen molar-refractivity contribution in [3.63, 3.8) is 0 Å². The number of hydrogen-bond acceptors (Lipinski definition) is 5. The molecule has 2 heterocycles. The van der Waals surface area contributed by atoms with Crippen molar-refractivity contribution in [2.24, 2.45) is 5.92 Å². The summed E-state index contributed by atoms with van der Waals surface area (Å²) in [7, 11) is -8.34. The zero-order valence-corrected chi connectivity index (χ0v) is 17.0. The summed E-state index contributed by atoms with van der Waals surface area (Å²) in [4.78, 5) is 11.9. The summed E-state index contributed by atoms with van der Waals surface area (Å²) in [5, 5.41) is 2.59. The lowest BCUT2D eigenvalue weighted by Gasteiger charge is -2.35. The van der Waals surface area contributed by atoms with Gasteiger partial charge in [0.2, 0.25) is 5.91 Å². The largest absolute Gasteiger partial charge is 0.332 e. The molecule has 0 spiro atoms. The van der Waals surface area contributed by atoms with Crippen molar-refractivity contribution in [2.45, 2.75) is 37.0 Å². The van der Waals surface area contributed by atoms with Crippen LogP contribution in [0.25, 0.3) is 0 Å². The minimum Gasteiger partial charge on any atom is -0.326 e. The van der Waals surface area contributed by atoms with E-state index in [0.29, 0.717) is 25.9 Å². The second kappa shape index (κ2) is 8.44. The summed E-state index contributed by atoms with van der Waals surface area (Å²) >= 11 is 0. The standard InChI is InChI=1S/C17H24FN3O5S2/c18-27(23,24)16-6-4-5-15(13-16)19-17(22)14-7-11-21(12-8-14)28(25,26)20-9-2-1-3-10-20/h4-6,13-14H,1-3,7-12H2,(H,19,22). The van der Waals surface area contributed by atoms with E-state index in [1.165, 1.54) is 20.7 Å². The Balaban J connectivity index is 1.58. The second-order valence-corrected chi connectivity index (χ2v) is 10.4. The Hall–Kier alpha value is -1.56. The molecule has 3 rings (SSSR count). The van der Waals surface area contributed by atoms with Gasteiger partial charge in [-0.15, -0.1) is 3.89 Å². The van der Waals surface area contributed by atoms with E-state index in [0.717, 1.165) is 31.4 Å². The van der Waals surface area contributed by atoms with Crippen molar-refractivity contribution in [3.05, 3.63) is 24.3 Å². The molecular weight excluding hydrogens is 409 g/mol. The van der Waals surface area contributed by atoms with Crippen LogP contribution in [0.5, 0.6) is 0 Å². The van der Waals surface area contributed by atoms with Gasteiger partial charge >= 0.3 is 10.2 Å². The van der Waals surface area contributed by atoms with Gasteiger partial charge in [-0.25, -0.2) is 0 Å². The topological polar surface area (TPSA) is 104 Å². The van der Waals surface area contributed by atoms with E-state index in [4.69, 9.17) is 0 Å². The van der Waals surface area contributed by atoms with Gasteiger partial charge in [0.05, 0.1) is 0 Å². The van der Waals surface area contributed by atoms with Crippen LogP contribution in [0.15, 0.2) is 29.2 Å². The predicted molar refractivity (Wildman–Crippen MR) is 102 cm³/mol. The highest BCUT2D eigenvalue weighted by atomic mass is 32.3. The molecule has 1 amide bonds. The van der Waals surface area contributed by atoms with E-state index in [1.807, 2.05) is 0 Å². The van der Waals surface area contributed by atoms with E-state index in [1.54, 1.807) is 0 Å². The molecule has 8 nitrogen and oxygen atoms in total. The Morgan fingerprint density at radius 3 is 2.18 bits per heavy atom. The summed E-state index contributed by atoms with van der Waals surface area (Å²) in [6.07, 6.45) is 3.52. The van der Waals surface area contributed by atoms with Crippen molar-refractivity contribution in [1.82, 2.24) is 8.61 Å². The number of benzene rings is 1. The predicted octanol–water partition coefficient (Wildman–Crippen LogP) is 1.73. The van der Waals surface area contributed by atoms with Crippen molar-refractivity contribution >= 4 is 32.0 Å². The van der Waals surface area contributed by atoms with Gasteiger partial charge in [-0.05, 0) is 43.9 Å². The Kier molecular flexibility index (Phi) is 6.37. The third-order valence-corrected chi connectivity index (χ3v) is 8.03. The zero-order valence-electron chi connectivity index (χ0n) is 15.4. The molecule has 156 valence electrons. The van der Waals surface area contributed by atoms with Gasteiger partial charge in [0.1, 0.15) is 4.90 Å². The molecule has 0 bridgehead atoms. The number of hydrogen-bond donors (Lipinski definition) is 1. The summed E-state index contributed by atoms with van der Waals surface area (Å²) < 4.78 is 63.4. The number of nitrogens with one attached hydrogen (secondary N) is 1. The first kappa shape index (κ1) is 21.2. The summed E-state index contributed by atoms with van der Waals surface area (Å²) in [5.41, 5.74) is 0.187. The number of nitrogens with zero attached hydrogens (tertiary/aromatic N) is 2. The first-order valence-corrected chi connectivity index (χ1v) is 12.1. The highest BCUT2D eigenvalue weighted by Gasteiger charge is 2.35. The number of anilines is 1. The summed E-state index contributed by atoms with van der Waals surface area (Å²) in [5.74, 6) is -0.720. The molecule has 2 fully saturated rings. The molecule has 28 heavy (non-hydrogen) atoms. The van der Waals surface area contributed by atoms with Crippen LogP contribution in [0.1, 0.15) is 32.1 Å². The number of halogens is 1. The third kappa shape index (κ3) is 4.88. The molecule has 1 aromatic rings. The fourth-order valence-electron chi connectivity index (χ4n) is 3.58. The molecular formula is C17H24FN3O5S2. The number of rotatable bonds is 5. The molecule has 11 heteroatoms. The number of carbonyl (C=O) groups excluding carboxylic acids is 1. The van der Waals surface area contributed by atoms with Gasteiger partial charge in [0, 0.05) is 37.8 Å². The van der Waals surface area contributed by atoms with Gasteiger partial charge in [-0.1, -0.05) is 12.5 Å². The lowest BCUT2D eigenvalue weighted by atomic mass is 9.97. The first-order valence-electron chi connectivity index (χ1n) is 9.29. The van der Waals surface area contributed by atoms with Crippen LogP contribution in [-0.2, 0) is 25.2 Å². The average Bonchev–Trinajstić information content (AvgIpc) is 2.68. The number of carbonyl (C=O) groups is 1. The Bertz CT molecular complexity index is 922. The highest BCUT2D eigenvalue weighted by molar-refractivity contribution is 7.86. The monoisotopic (exact) mass is 433 g/mol. The average molecular weight is 434 g/mol. The van der Waals surface area contributed by atoms with Gasteiger partial charge < -0.3 is 5.32 Å². The fraction of sp³-hybridized carbons (Fsp3) is 0.588. The molecule has 2 aliphatic rings. The Labute approximate surface area is 165 Å². The van der Waals surface area contributed by atoms with E-state index in [2.05, 4.69) is 5.32 Å². The SMILES string of the molecule is O=C(Nc1cccc(S(=O)(=O)F)c1)C1CCN(S(=O)(=O)N2CCCCC2)CC1. The van der Waals surface area contributed by atoms with Crippen LogP contribution in [0, 0.1) is 5.92 Å². The van der Waals surface area contributed by atoms with E-state index < -0.39 is 31.2 Å². The molecule has 0 saturated carbocycles. The summed E-state index contributed by atoms with van der Waals surface area (Å²) in [6.45, 7) is 1.60. The van der Waals surface area contributed by atoms with Gasteiger partial charge in [-0.3, -0.25) is 4.79 Å². The van der Waals surface area contributed by atoms with Crippen molar-refractivity contribution < 1.29 is 25.5 Å². The lowest BCUT2D eigenvalue weighted by molar-refractivity contribution is -0.120. The van der Waals surface area contributed by atoms with Gasteiger partial charge in [-0.2, -0.15) is 25.4 Å². The van der Waals surface area contributed by atoms with E-state index in [-0.39, 0.29) is 24.7 Å². The van der Waals surface area contributed by atoms with Gasteiger partial charge in [0.25, 0.3) is 10.2 Å². The van der Waals surface area contributed by atoms with Crippen molar-refractivity contribution in [1.29, 1.82) is 0 Å². The number of amides is 1. The van der Waals surface area contributed by atoms with Crippen molar-refractivity contribution in [2.75, 3.05) is 31.5 Å². The molecule has 0 radical (unpaired) electrons.